The Bertz CT molecular complexity index is 236. The highest BCUT2D eigenvalue weighted by Crippen LogP contribution is 2.08. The number of allylic oxidation sites excluding steroid dienone is 1. The zero-order valence-corrected chi connectivity index (χ0v) is 7.01. The molecule has 58 valence electrons. The summed E-state index contributed by atoms with van der Waals surface area (Å²) in [5, 5.41) is 0. The van der Waals surface area contributed by atoms with Crippen LogP contribution in [-0.4, -0.2) is 0 Å². The van der Waals surface area contributed by atoms with E-state index in [0.29, 0.717) is 0 Å². The van der Waals surface area contributed by atoms with Crippen LogP contribution in [0.1, 0.15) is 17.5 Å². The van der Waals surface area contributed by atoms with Gasteiger partial charge in [0.2, 0.25) is 0 Å². The molecule has 0 heterocycles. The minimum Gasteiger partial charge on any atom is -0.103 e. The molecular weight excluding hydrogens is 132 g/mol. The molecule has 0 bridgehead atoms. The number of aryl methyl sites for hydroxylation is 2. The summed E-state index contributed by atoms with van der Waals surface area (Å²) in [6.07, 6.45) is 4.16. The van der Waals surface area contributed by atoms with Crippen LogP contribution in [0.5, 0.6) is 0 Å². The lowest BCUT2D eigenvalue weighted by molar-refractivity contribution is 0.990. The number of rotatable bonds is 3. The predicted molar refractivity (Wildman–Crippen MR) is 49.7 cm³/mol. The first-order valence-corrected chi connectivity index (χ1v) is 4.00. The molecule has 0 saturated heterocycles. The van der Waals surface area contributed by atoms with Crippen molar-refractivity contribution in [3.8, 4) is 0 Å². The molecule has 0 fully saturated rings. The zero-order chi connectivity index (χ0) is 8.10. The van der Waals surface area contributed by atoms with Crippen LogP contribution >= 0.6 is 0 Å². The van der Waals surface area contributed by atoms with Gasteiger partial charge in [0.15, 0.2) is 0 Å². The Kier molecular flexibility index (Phi) is 2.91. The highest BCUT2D eigenvalue weighted by Gasteiger charge is 1.93. The summed E-state index contributed by atoms with van der Waals surface area (Å²) >= 11 is 0. The summed E-state index contributed by atoms with van der Waals surface area (Å²) in [5.74, 6) is 0. The van der Waals surface area contributed by atoms with E-state index in [9.17, 15) is 0 Å². The summed E-state index contributed by atoms with van der Waals surface area (Å²) in [6.45, 7) is 5.86. The van der Waals surface area contributed by atoms with Gasteiger partial charge in [0, 0.05) is 0 Å². The third kappa shape index (κ3) is 2.23. The molecule has 0 heteroatoms. The van der Waals surface area contributed by atoms with Crippen molar-refractivity contribution < 1.29 is 0 Å². The molecule has 0 amide bonds. The van der Waals surface area contributed by atoms with E-state index in [1.807, 2.05) is 6.08 Å². The highest BCUT2D eigenvalue weighted by molar-refractivity contribution is 5.25. The molecule has 1 rings (SSSR count). The minimum atomic E-state index is 1.07. The van der Waals surface area contributed by atoms with Crippen LogP contribution in [-0.2, 0) is 6.42 Å². The van der Waals surface area contributed by atoms with Crippen molar-refractivity contribution in [3.63, 3.8) is 0 Å². The highest BCUT2D eigenvalue weighted by atomic mass is 14.0. The van der Waals surface area contributed by atoms with Gasteiger partial charge in [-0.05, 0) is 30.9 Å². The van der Waals surface area contributed by atoms with Crippen LogP contribution in [0.2, 0.25) is 0 Å². The quantitative estimate of drug-likeness (QED) is 0.575. The molecule has 0 radical (unpaired) electrons. The van der Waals surface area contributed by atoms with E-state index in [-0.39, 0.29) is 0 Å². The average molecular weight is 146 g/mol. The second-order valence-corrected chi connectivity index (χ2v) is 2.75. The second-order valence-electron chi connectivity index (χ2n) is 2.75. The fourth-order valence-corrected chi connectivity index (χ4v) is 1.15. The van der Waals surface area contributed by atoms with Crippen molar-refractivity contribution in [2.75, 3.05) is 0 Å². The van der Waals surface area contributed by atoms with Gasteiger partial charge < -0.3 is 0 Å². The Labute approximate surface area is 68.6 Å². The van der Waals surface area contributed by atoms with E-state index >= 15 is 0 Å². The first-order valence-electron chi connectivity index (χ1n) is 4.00. The van der Waals surface area contributed by atoms with Gasteiger partial charge in [-0.2, -0.15) is 0 Å². The molecule has 0 saturated carbocycles. The first kappa shape index (κ1) is 8.06. The summed E-state index contributed by atoms with van der Waals surface area (Å²) in [4.78, 5) is 0. The molecule has 11 heavy (non-hydrogen) atoms. The lowest BCUT2D eigenvalue weighted by Crippen LogP contribution is -1.86. The summed E-state index contributed by atoms with van der Waals surface area (Å²) in [5.41, 5.74) is 2.82. The van der Waals surface area contributed by atoms with E-state index < -0.39 is 0 Å². The summed E-state index contributed by atoms with van der Waals surface area (Å²) in [7, 11) is 0. The normalized spacial score (nSPS) is 9.55. The monoisotopic (exact) mass is 146 g/mol. The molecule has 0 unspecified atom stereocenters. The summed E-state index contributed by atoms with van der Waals surface area (Å²) < 4.78 is 0. The van der Waals surface area contributed by atoms with Gasteiger partial charge in [-0.25, -0.2) is 0 Å². The second kappa shape index (κ2) is 3.97. The molecule has 0 atom stereocenters. The third-order valence-electron chi connectivity index (χ3n) is 1.88. The van der Waals surface area contributed by atoms with Gasteiger partial charge >= 0.3 is 0 Å². The Morgan fingerprint density at radius 1 is 1.36 bits per heavy atom. The molecular formula is C11H14. The Hall–Kier alpha value is -1.04. The Morgan fingerprint density at radius 3 is 2.73 bits per heavy atom. The molecule has 0 N–H and O–H groups in total. The van der Waals surface area contributed by atoms with Gasteiger partial charge in [0.1, 0.15) is 0 Å². The smallest absolute Gasteiger partial charge is 0.0242 e. The van der Waals surface area contributed by atoms with Crippen LogP contribution in [0.15, 0.2) is 36.9 Å². The van der Waals surface area contributed by atoms with E-state index in [1.165, 1.54) is 11.1 Å². The number of hydrogen-bond donors (Lipinski definition) is 0. The van der Waals surface area contributed by atoms with Crippen molar-refractivity contribution in [1.29, 1.82) is 0 Å². The molecule has 0 spiro atoms. The van der Waals surface area contributed by atoms with Crippen LogP contribution in [0.4, 0.5) is 0 Å². The van der Waals surface area contributed by atoms with E-state index in [2.05, 4.69) is 37.8 Å². The Morgan fingerprint density at radius 2 is 2.09 bits per heavy atom. The molecule has 0 aliphatic rings. The zero-order valence-electron chi connectivity index (χ0n) is 7.01. The lowest BCUT2D eigenvalue weighted by atomic mass is 10.0. The molecule has 1 aromatic carbocycles. The molecule has 0 aliphatic heterocycles. The third-order valence-corrected chi connectivity index (χ3v) is 1.88. The van der Waals surface area contributed by atoms with Gasteiger partial charge in [0.25, 0.3) is 0 Å². The fourth-order valence-electron chi connectivity index (χ4n) is 1.15. The van der Waals surface area contributed by atoms with Crippen LogP contribution in [0.25, 0.3) is 0 Å². The molecule has 0 nitrogen and oxygen atoms in total. The van der Waals surface area contributed by atoms with Crippen LogP contribution < -0.4 is 0 Å². The maximum absolute atomic E-state index is 3.71. The van der Waals surface area contributed by atoms with Crippen molar-refractivity contribution in [1.82, 2.24) is 0 Å². The standard InChI is InChI=1S/C11H14/c1-3-4-8-11-9-6-5-7-10(11)2/h3,5-7,9H,1,4,8H2,2H3. The van der Waals surface area contributed by atoms with E-state index in [4.69, 9.17) is 0 Å². The van der Waals surface area contributed by atoms with E-state index in [0.717, 1.165) is 12.8 Å². The number of benzene rings is 1. The maximum atomic E-state index is 3.71. The largest absolute Gasteiger partial charge is 0.103 e. The fraction of sp³-hybridized carbons (Fsp3) is 0.273. The first-order chi connectivity index (χ1) is 5.34. The van der Waals surface area contributed by atoms with Crippen molar-refractivity contribution >= 4 is 0 Å². The molecule has 0 aliphatic carbocycles. The van der Waals surface area contributed by atoms with Gasteiger partial charge in [-0.15, -0.1) is 6.58 Å². The summed E-state index contributed by atoms with van der Waals surface area (Å²) in [6, 6.07) is 8.50. The lowest BCUT2D eigenvalue weighted by Gasteiger charge is -2.01. The van der Waals surface area contributed by atoms with Crippen LogP contribution in [0, 0.1) is 6.92 Å². The maximum Gasteiger partial charge on any atom is -0.0242 e. The van der Waals surface area contributed by atoms with Crippen molar-refractivity contribution in [3.05, 3.63) is 48.0 Å². The number of hydrogen-bond acceptors (Lipinski definition) is 0. The van der Waals surface area contributed by atoms with Crippen molar-refractivity contribution in [2.24, 2.45) is 0 Å². The van der Waals surface area contributed by atoms with Gasteiger partial charge in [0.05, 0.1) is 0 Å². The van der Waals surface area contributed by atoms with Gasteiger partial charge in [-0.3, -0.25) is 0 Å². The SMILES string of the molecule is C=CCCc1ccccc1C. The Balaban J connectivity index is 2.69. The topological polar surface area (TPSA) is 0 Å². The molecule has 1 aromatic rings. The minimum absolute atomic E-state index is 1.07. The van der Waals surface area contributed by atoms with Crippen molar-refractivity contribution in [2.45, 2.75) is 19.8 Å². The van der Waals surface area contributed by atoms with Gasteiger partial charge in [-0.1, -0.05) is 30.3 Å². The average Bonchev–Trinajstić information content (AvgIpc) is 2.03. The predicted octanol–water partition coefficient (Wildman–Crippen LogP) is 3.11. The van der Waals surface area contributed by atoms with Crippen LogP contribution in [0.3, 0.4) is 0 Å². The molecule has 0 aromatic heterocycles. The van der Waals surface area contributed by atoms with E-state index in [1.54, 1.807) is 0 Å².